The van der Waals surface area contributed by atoms with Gasteiger partial charge in [0.25, 0.3) is 11.7 Å². The molecule has 174 valence electrons. The maximum atomic E-state index is 13.2. The van der Waals surface area contributed by atoms with Crippen LogP contribution in [0.15, 0.2) is 11.8 Å². The van der Waals surface area contributed by atoms with Gasteiger partial charge in [0.15, 0.2) is 0 Å². The van der Waals surface area contributed by atoms with Crippen LogP contribution in [0.4, 0.5) is 0 Å². The minimum Gasteiger partial charge on any atom is -0.507 e. The van der Waals surface area contributed by atoms with E-state index in [1.54, 1.807) is 27.4 Å². The summed E-state index contributed by atoms with van der Waals surface area (Å²) in [6.45, 7) is 15.0. The molecule has 1 aliphatic rings. The summed E-state index contributed by atoms with van der Waals surface area (Å²) >= 11 is 0. The second kappa shape index (κ2) is 9.28. The number of likely N-dealkylation sites (tertiary alicyclic amines) is 1. The quantitative estimate of drug-likeness (QED) is 0.383. The highest BCUT2D eigenvalue weighted by molar-refractivity contribution is 6.46. The van der Waals surface area contributed by atoms with Gasteiger partial charge in [-0.25, -0.2) is 0 Å². The molecule has 1 amide bonds. The third-order valence-corrected chi connectivity index (χ3v) is 6.58. The molecule has 32 heavy (non-hydrogen) atoms. The average molecular weight is 443 g/mol. The molecule has 1 unspecified atom stereocenters. The van der Waals surface area contributed by atoms with Crippen molar-refractivity contribution in [1.29, 1.82) is 0 Å². The van der Waals surface area contributed by atoms with E-state index in [-0.39, 0.29) is 11.3 Å². The van der Waals surface area contributed by atoms with Crippen molar-refractivity contribution in [1.82, 2.24) is 29.4 Å². The molecule has 1 atom stereocenters. The lowest BCUT2D eigenvalue weighted by Crippen LogP contribution is -2.38. The van der Waals surface area contributed by atoms with Gasteiger partial charge in [0.1, 0.15) is 5.76 Å². The average Bonchev–Trinajstić information content (AvgIpc) is 3.34. The number of hydrogen-bond acceptors (Lipinski definition) is 6. The second-order valence-corrected chi connectivity index (χ2v) is 8.19. The lowest BCUT2D eigenvalue weighted by molar-refractivity contribution is -0.140. The summed E-state index contributed by atoms with van der Waals surface area (Å²) in [6, 6.07) is -0.692. The number of amides is 1. The zero-order valence-electron chi connectivity index (χ0n) is 20.1. The Labute approximate surface area is 189 Å². The normalized spacial score (nSPS) is 18.4. The van der Waals surface area contributed by atoms with Crippen molar-refractivity contribution in [2.45, 2.75) is 54.1 Å². The number of aliphatic hydroxyl groups is 1. The zero-order chi connectivity index (χ0) is 23.7. The smallest absolute Gasteiger partial charge is 0.295 e. The van der Waals surface area contributed by atoms with Gasteiger partial charge >= 0.3 is 0 Å². The van der Waals surface area contributed by atoms with E-state index in [0.29, 0.717) is 30.9 Å². The Kier molecular flexibility index (Phi) is 6.88. The number of Topliss-reactive ketones (excluding diaryl/α,β-unsaturated/α-hetero) is 1. The SMILES string of the molecule is CCN(CC)CCN1C(=O)C(=O)/C(=C(/O)c2c(C)nn(CC)c2C)C1c1cnn(C)c1C. The lowest BCUT2D eigenvalue weighted by atomic mass is 9.95. The second-order valence-electron chi connectivity index (χ2n) is 8.19. The van der Waals surface area contributed by atoms with E-state index in [0.717, 1.165) is 30.0 Å². The van der Waals surface area contributed by atoms with Gasteiger partial charge in [-0.3, -0.25) is 19.0 Å². The third kappa shape index (κ3) is 3.85. The van der Waals surface area contributed by atoms with E-state index in [2.05, 4.69) is 28.9 Å². The van der Waals surface area contributed by atoms with Crippen LogP contribution in [0.1, 0.15) is 55.0 Å². The highest BCUT2D eigenvalue weighted by Crippen LogP contribution is 2.41. The minimum absolute atomic E-state index is 0.104. The first-order chi connectivity index (χ1) is 15.2. The monoisotopic (exact) mass is 442 g/mol. The van der Waals surface area contributed by atoms with Crippen LogP contribution in [0.3, 0.4) is 0 Å². The third-order valence-electron chi connectivity index (χ3n) is 6.58. The molecule has 3 rings (SSSR count). The summed E-state index contributed by atoms with van der Waals surface area (Å²) in [5.41, 5.74) is 3.59. The van der Waals surface area contributed by atoms with E-state index < -0.39 is 17.7 Å². The Balaban J connectivity index is 2.18. The van der Waals surface area contributed by atoms with Crippen molar-refractivity contribution in [3.8, 4) is 0 Å². The summed E-state index contributed by atoms with van der Waals surface area (Å²) in [6.07, 6.45) is 1.68. The van der Waals surface area contributed by atoms with Crippen LogP contribution in [0.5, 0.6) is 0 Å². The highest BCUT2D eigenvalue weighted by atomic mass is 16.3. The summed E-state index contributed by atoms with van der Waals surface area (Å²) in [7, 11) is 1.82. The van der Waals surface area contributed by atoms with Crippen molar-refractivity contribution in [2.24, 2.45) is 7.05 Å². The van der Waals surface area contributed by atoms with Crippen LogP contribution in [0, 0.1) is 20.8 Å². The molecule has 1 saturated heterocycles. The summed E-state index contributed by atoms with van der Waals surface area (Å²) < 4.78 is 3.50. The first kappa shape index (κ1) is 23.7. The fourth-order valence-corrected chi connectivity index (χ4v) is 4.49. The predicted molar refractivity (Wildman–Crippen MR) is 122 cm³/mol. The molecule has 0 saturated carbocycles. The van der Waals surface area contributed by atoms with Gasteiger partial charge in [0.05, 0.1) is 29.1 Å². The Morgan fingerprint density at radius 1 is 1.12 bits per heavy atom. The van der Waals surface area contributed by atoms with Crippen LogP contribution in [-0.2, 0) is 23.2 Å². The fourth-order valence-electron chi connectivity index (χ4n) is 4.49. The van der Waals surface area contributed by atoms with E-state index in [1.807, 2.05) is 27.8 Å². The molecular weight excluding hydrogens is 408 g/mol. The standard InChI is InChI=1S/C23H34N6O3/c1-8-27(9-2)11-12-28-20(17-13-24-26(7)15(17)5)19(22(31)23(28)32)21(30)18-14(4)25-29(10-3)16(18)6/h13,20,30H,8-12H2,1-7H3/b21-19+. The molecule has 9 heteroatoms. The number of likely N-dealkylation sites (N-methyl/N-ethyl adjacent to an activating group) is 1. The topological polar surface area (TPSA) is 96.5 Å². The van der Waals surface area contributed by atoms with Crippen molar-refractivity contribution in [3.63, 3.8) is 0 Å². The van der Waals surface area contributed by atoms with Gasteiger partial charge in [-0.05, 0) is 40.8 Å². The summed E-state index contributed by atoms with van der Waals surface area (Å²) in [4.78, 5) is 30.2. The van der Waals surface area contributed by atoms with Crippen LogP contribution >= 0.6 is 0 Å². The van der Waals surface area contributed by atoms with Gasteiger partial charge < -0.3 is 14.9 Å². The number of carbonyl (C=O) groups excluding carboxylic acids is 2. The molecule has 9 nitrogen and oxygen atoms in total. The lowest BCUT2D eigenvalue weighted by Gasteiger charge is -2.27. The van der Waals surface area contributed by atoms with E-state index in [1.165, 1.54) is 0 Å². The molecule has 0 radical (unpaired) electrons. The number of rotatable bonds is 8. The van der Waals surface area contributed by atoms with Crippen molar-refractivity contribution in [3.05, 3.63) is 40.0 Å². The van der Waals surface area contributed by atoms with Crippen LogP contribution < -0.4 is 0 Å². The molecule has 2 aromatic heterocycles. The predicted octanol–water partition coefficient (Wildman–Crippen LogP) is 2.33. The molecule has 0 aromatic carbocycles. The number of aromatic nitrogens is 4. The summed E-state index contributed by atoms with van der Waals surface area (Å²) in [5.74, 6) is -1.43. The van der Waals surface area contributed by atoms with Gasteiger partial charge in [-0.15, -0.1) is 0 Å². The molecule has 1 fully saturated rings. The molecule has 3 heterocycles. The van der Waals surface area contributed by atoms with Crippen molar-refractivity contribution >= 4 is 17.4 Å². The maximum Gasteiger partial charge on any atom is 0.295 e. The number of nitrogens with zero attached hydrogens (tertiary/aromatic N) is 6. The molecule has 0 bridgehead atoms. The summed E-state index contributed by atoms with van der Waals surface area (Å²) in [5, 5.41) is 20.2. The number of aryl methyl sites for hydroxylation is 3. The Morgan fingerprint density at radius 2 is 1.78 bits per heavy atom. The largest absolute Gasteiger partial charge is 0.507 e. The molecule has 1 aliphatic heterocycles. The van der Waals surface area contributed by atoms with E-state index in [4.69, 9.17) is 0 Å². The first-order valence-corrected chi connectivity index (χ1v) is 11.2. The molecule has 2 aromatic rings. The van der Waals surface area contributed by atoms with Crippen LogP contribution in [0.2, 0.25) is 0 Å². The Morgan fingerprint density at radius 3 is 2.28 bits per heavy atom. The van der Waals surface area contributed by atoms with E-state index in [9.17, 15) is 14.7 Å². The van der Waals surface area contributed by atoms with Crippen molar-refractivity contribution < 1.29 is 14.7 Å². The molecular formula is C23H34N6O3. The van der Waals surface area contributed by atoms with E-state index >= 15 is 0 Å². The van der Waals surface area contributed by atoms with Crippen LogP contribution in [0.25, 0.3) is 5.76 Å². The van der Waals surface area contributed by atoms with Crippen LogP contribution in [-0.4, -0.2) is 72.3 Å². The molecule has 0 spiro atoms. The van der Waals surface area contributed by atoms with Gasteiger partial charge in [0.2, 0.25) is 0 Å². The van der Waals surface area contributed by atoms with Gasteiger partial charge in [0, 0.05) is 43.6 Å². The number of hydrogen-bond donors (Lipinski definition) is 1. The maximum absolute atomic E-state index is 13.2. The van der Waals surface area contributed by atoms with Crippen molar-refractivity contribution in [2.75, 3.05) is 26.2 Å². The Bertz CT molecular complexity index is 1060. The first-order valence-electron chi connectivity index (χ1n) is 11.2. The van der Waals surface area contributed by atoms with Gasteiger partial charge in [-0.2, -0.15) is 10.2 Å². The van der Waals surface area contributed by atoms with Gasteiger partial charge in [-0.1, -0.05) is 13.8 Å². The number of carbonyl (C=O) groups is 2. The number of ketones is 1. The minimum atomic E-state index is -0.692. The highest BCUT2D eigenvalue weighted by Gasteiger charge is 2.47. The Hall–Kier alpha value is -2.94. The number of aliphatic hydroxyl groups excluding tert-OH is 1. The zero-order valence-corrected chi connectivity index (χ0v) is 20.1. The molecule has 0 aliphatic carbocycles. The fraction of sp³-hybridized carbons (Fsp3) is 0.565. The molecule has 1 N–H and O–H groups in total.